The van der Waals surface area contributed by atoms with E-state index in [0.29, 0.717) is 0 Å². The average molecular weight is 909 g/mol. The van der Waals surface area contributed by atoms with Crippen LogP contribution in [0.2, 0.25) is 0 Å². The standard InChI is InChI=1S/C50H40N2.8C2H6/c1-3-51(45-25-13-23-41-37-19-9-7-17-35(37)31-43(41)45)47-29-27-33-15-5-11-21-39(33)49(47)50-40-22-12-6-16-34(40)28-30-48(50)52(4-2)46-26-14-24-42-38-20-10-8-18-36(38)32-44(42)46;8*1-2/h5-30H,3-4,31-32H2,1-2H3;8*1-2H3. The van der Waals surface area contributed by atoms with Crippen LogP contribution in [0.25, 0.3) is 54.9 Å². The third kappa shape index (κ3) is 11.9. The van der Waals surface area contributed by atoms with Crippen LogP contribution in [-0.4, -0.2) is 13.1 Å². The first kappa shape index (κ1) is 58.0. The molecule has 0 amide bonds. The van der Waals surface area contributed by atoms with Gasteiger partial charge in [-0.1, -0.05) is 244 Å². The first-order chi connectivity index (χ1) is 33.7. The summed E-state index contributed by atoms with van der Waals surface area (Å²) >= 11 is 0. The Morgan fingerprint density at radius 2 is 0.603 bits per heavy atom. The fraction of sp³-hybridized carbons (Fsp3) is 0.333. The van der Waals surface area contributed by atoms with Crippen molar-refractivity contribution in [1.82, 2.24) is 0 Å². The van der Waals surface area contributed by atoms with Gasteiger partial charge in [-0.2, -0.15) is 0 Å². The summed E-state index contributed by atoms with van der Waals surface area (Å²) in [6, 6.07) is 58.9. The van der Waals surface area contributed by atoms with E-state index in [-0.39, 0.29) is 0 Å². The molecule has 0 spiro atoms. The maximum absolute atomic E-state index is 2.57. The Hall–Kier alpha value is -6.12. The largest absolute Gasteiger partial charge is 0.341 e. The smallest absolute Gasteiger partial charge is 0.0497 e. The summed E-state index contributed by atoms with van der Waals surface area (Å²) in [6.07, 6.45) is 1.90. The molecule has 0 N–H and O–H groups in total. The normalized spacial score (nSPS) is 10.2. The van der Waals surface area contributed by atoms with Gasteiger partial charge in [-0.05, 0) is 104 Å². The summed E-state index contributed by atoms with van der Waals surface area (Å²) in [5.74, 6) is 0. The molecule has 0 bridgehead atoms. The number of hydrogen-bond acceptors (Lipinski definition) is 2. The molecular formula is C66H88N2. The molecule has 0 saturated heterocycles. The highest BCUT2D eigenvalue weighted by molar-refractivity contribution is 6.15. The lowest BCUT2D eigenvalue weighted by molar-refractivity contribution is 1.01. The van der Waals surface area contributed by atoms with E-state index in [2.05, 4.69) is 181 Å². The zero-order valence-corrected chi connectivity index (χ0v) is 45.7. The van der Waals surface area contributed by atoms with Gasteiger partial charge in [-0.25, -0.2) is 0 Å². The minimum absolute atomic E-state index is 0.847. The van der Waals surface area contributed by atoms with Crippen LogP contribution in [0.3, 0.4) is 0 Å². The van der Waals surface area contributed by atoms with Gasteiger partial charge < -0.3 is 9.80 Å². The highest BCUT2D eigenvalue weighted by Gasteiger charge is 2.29. The van der Waals surface area contributed by atoms with E-state index >= 15 is 0 Å². The van der Waals surface area contributed by atoms with E-state index in [1.807, 2.05) is 111 Å². The topological polar surface area (TPSA) is 6.48 Å². The SMILES string of the molecule is CC.CC.CC.CC.CC.CC.CC.CC.CCN(c1cccc2c1Cc1ccccc1-2)c1ccc2ccccc2c1-c1c(N(CC)c2cccc3c2Cc2ccccc2-3)ccc2ccccc12. The van der Waals surface area contributed by atoms with Crippen molar-refractivity contribution in [3.63, 3.8) is 0 Å². The van der Waals surface area contributed by atoms with Crippen LogP contribution in [0, 0.1) is 0 Å². The van der Waals surface area contributed by atoms with Gasteiger partial charge in [0.05, 0.1) is 0 Å². The minimum Gasteiger partial charge on any atom is -0.341 e. The molecular weight excluding hydrogens is 821 g/mol. The molecule has 0 aromatic heterocycles. The van der Waals surface area contributed by atoms with E-state index in [9.17, 15) is 0 Å². The molecule has 10 rings (SSSR count). The highest BCUT2D eigenvalue weighted by Crippen LogP contribution is 2.51. The second kappa shape index (κ2) is 31.0. The van der Waals surface area contributed by atoms with Crippen molar-refractivity contribution in [2.24, 2.45) is 0 Å². The Balaban J connectivity index is 0.000000905. The van der Waals surface area contributed by atoms with Gasteiger partial charge in [0.2, 0.25) is 0 Å². The van der Waals surface area contributed by atoms with Crippen LogP contribution in [0.5, 0.6) is 0 Å². The molecule has 68 heavy (non-hydrogen) atoms. The summed E-state index contributed by atoms with van der Waals surface area (Å²) in [5, 5.41) is 5.05. The number of rotatable bonds is 7. The fourth-order valence-corrected chi connectivity index (χ4v) is 9.22. The molecule has 2 heteroatoms. The van der Waals surface area contributed by atoms with Crippen molar-refractivity contribution in [2.45, 2.75) is 137 Å². The van der Waals surface area contributed by atoms with Gasteiger partial charge >= 0.3 is 0 Å². The van der Waals surface area contributed by atoms with Crippen molar-refractivity contribution >= 4 is 44.3 Å². The van der Waals surface area contributed by atoms with E-state index in [1.54, 1.807) is 0 Å². The van der Waals surface area contributed by atoms with Gasteiger partial charge in [-0.3, -0.25) is 0 Å². The Kier molecular flexibility index (Phi) is 26.5. The Morgan fingerprint density at radius 1 is 0.294 bits per heavy atom. The predicted molar refractivity (Wildman–Crippen MR) is 312 cm³/mol. The quantitative estimate of drug-likeness (QED) is 0.157. The molecule has 8 aromatic carbocycles. The summed E-state index contributed by atoms with van der Waals surface area (Å²) in [4.78, 5) is 5.15. The predicted octanol–water partition coefficient (Wildman–Crippen LogP) is 21.3. The molecule has 0 unspecified atom stereocenters. The summed E-state index contributed by atoms with van der Waals surface area (Å²) in [6.45, 7) is 38.3. The lowest BCUT2D eigenvalue weighted by Gasteiger charge is -2.33. The first-order valence-corrected chi connectivity index (χ1v) is 26.7. The number of benzene rings is 8. The van der Waals surface area contributed by atoms with Gasteiger partial charge in [-0.15, -0.1) is 0 Å². The average Bonchev–Trinajstić information content (AvgIpc) is 4.03. The maximum atomic E-state index is 2.57. The Bertz CT molecular complexity index is 2500. The number of nitrogens with zero attached hydrogens (tertiary/aromatic N) is 2. The Morgan fingerprint density at radius 3 is 0.956 bits per heavy atom. The van der Waals surface area contributed by atoms with Crippen molar-refractivity contribution in [1.29, 1.82) is 0 Å². The van der Waals surface area contributed by atoms with Gasteiger partial charge in [0.25, 0.3) is 0 Å². The lowest BCUT2D eigenvalue weighted by atomic mass is 9.89. The third-order valence-corrected chi connectivity index (χ3v) is 11.5. The molecule has 8 aromatic rings. The molecule has 0 heterocycles. The summed E-state index contributed by atoms with van der Waals surface area (Å²) in [7, 11) is 0. The van der Waals surface area contributed by atoms with Gasteiger partial charge in [0, 0.05) is 59.8 Å². The first-order valence-electron chi connectivity index (χ1n) is 26.7. The van der Waals surface area contributed by atoms with Crippen molar-refractivity contribution < 1.29 is 0 Å². The van der Waals surface area contributed by atoms with Crippen LogP contribution in [0.4, 0.5) is 22.7 Å². The van der Waals surface area contributed by atoms with Crippen molar-refractivity contribution in [3.05, 3.63) is 180 Å². The molecule has 0 aliphatic heterocycles. The molecule has 0 atom stereocenters. The Labute approximate surface area is 416 Å². The molecule has 0 radical (unpaired) electrons. The third-order valence-electron chi connectivity index (χ3n) is 11.5. The molecule has 0 saturated carbocycles. The minimum atomic E-state index is 0.847. The highest BCUT2D eigenvalue weighted by atomic mass is 15.1. The monoisotopic (exact) mass is 909 g/mol. The zero-order chi connectivity index (χ0) is 50.8. The van der Waals surface area contributed by atoms with E-state index in [4.69, 9.17) is 0 Å². The molecule has 2 aliphatic carbocycles. The van der Waals surface area contributed by atoms with Gasteiger partial charge in [0.1, 0.15) is 0 Å². The molecule has 362 valence electrons. The van der Waals surface area contributed by atoms with Crippen LogP contribution in [0.1, 0.15) is 147 Å². The zero-order valence-electron chi connectivity index (χ0n) is 45.7. The molecule has 0 fully saturated rings. The molecule has 2 nitrogen and oxygen atoms in total. The van der Waals surface area contributed by atoms with Crippen molar-refractivity contribution in [2.75, 3.05) is 22.9 Å². The van der Waals surface area contributed by atoms with Crippen molar-refractivity contribution in [3.8, 4) is 33.4 Å². The summed E-state index contributed by atoms with van der Waals surface area (Å²) in [5.41, 5.74) is 18.7. The van der Waals surface area contributed by atoms with E-state index in [0.717, 1.165) is 25.9 Å². The lowest BCUT2D eigenvalue weighted by Crippen LogP contribution is -2.21. The van der Waals surface area contributed by atoms with Crippen LogP contribution in [0.15, 0.2) is 158 Å². The van der Waals surface area contributed by atoms with E-state index in [1.165, 1.54) is 99.9 Å². The second-order valence-corrected chi connectivity index (χ2v) is 14.1. The fourth-order valence-electron chi connectivity index (χ4n) is 9.22. The number of anilines is 4. The van der Waals surface area contributed by atoms with Crippen LogP contribution < -0.4 is 9.80 Å². The van der Waals surface area contributed by atoms with Crippen LogP contribution in [-0.2, 0) is 12.8 Å². The van der Waals surface area contributed by atoms with E-state index < -0.39 is 0 Å². The second-order valence-electron chi connectivity index (χ2n) is 14.1. The van der Waals surface area contributed by atoms with Crippen LogP contribution >= 0.6 is 0 Å². The summed E-state index contributed by atoms with van der Waals surface area (Å²) < 4.78 is 0. The number of hydrogen-bond donors (Lipinski definition) is 0. The maximum Gasteiger partial charge on any atom is 0.0497 e. The molecule has 2 aliphatic rings. The van der Waals surface area contributed by atoms with Gasteiger partial charge in [0.15, 0.2) is 0 Å². The number of fused-ring (bicyclic) bond motifs is 8.